The number of nitrogens with zero attached hydrogens (tertiary/aromatic N) is 3. The molecule has 3 fully saturated rings. The molecular weight excluding hydrogens is 344 g/mol. The van der Waals surface area contributed by atoms with Crippen LogP contribution in [0.4, 0.5) is 0 Å². The number of aromatic nitrogens is 2. The molecule has 1 aromatic heterocycles. The van der Waals surface area contributed by atoms with Crippen molar-refractivity contribution in [1.29, 1.82) is 0 Å². The van der Waals surface area contributed by atoms with E-state index in [-0.39, 0.29) is 29.7 Å². The van der Waals surface area contributed by atoms with E-state index in [0.717, 1.165) is 44.3 Å². The van der Waals surface area contributed by atoms with Gasteiger partial charge in [-0.05, 0) is 44.4 Å². The molecule has 1 saturated heterocycles. The fourth-order valence-corrected chi connectivity index (χ4v) is 3.94. The summed E-state index contributed by atoms with van der Waals surface area (Å²) >= 11 is 0. The molecule has 1 N–H and O–H groups in total. The van der Waals surface area contributed by atoms with Gasteiger partial charge in [-0.3, -0.25) is 9.59 Å². The first-order valence-corrected chi connectivity index (χ1v) is 10.5. The van der Waals surface area contributed by atoms with Crippen molar-refractivity contribution in [2.75, 3.05) is 13.1 Å². The number of hydrogen-bond acceptors (Lipinski definition) is 5. The predicted octanol–water partition coefficient (Wildman–Crippen LogP) is 2.80. The van der Waals surface area contributed by atoms with Crippen LogP contribution in [0.2, 0.25) is 0 Å². The van der Waals surface area contributed by atoms with E-state index >= 15 is 0 Å². The van der Waals surface area contributed by atoms with E-state index in [1.807, 2.05) is 18.7 Å². The van der Waals surface area contributed by atoms with Crippen molar-refractivity contribution < 1.29 is 14.1 Å². The highest BCUT2D eigenvalue weighted by Gasteiger charge is 2.35. The van der Waals surface area contributed by atoms with Crippen LogP contribution < -0.4 is 5.32 Å². The van der Waals surface area contributed by atoms with Crippen LogP contribution in [-0.4, -0.2) is 39.9 Å². The molecule has 7 heteroatoms. The fourth-order valence-electron chi connectivity index (χ4n) is 3.94. The van der Waals surface area contributed by atoms with Gasteiger partial charge in [-0.2, -0.15) is 4.98 Å². The van der Waals surface area contributed by atoms with Gasteiger partial charge in [0.2, 0.25) is 17.7 Å². The van der Waals surface area contributed by atoms with Gasteiger partial charge < -0.3 is 14.7 Å². The van der Waals surface area contributed by atoms with Crippen molar-refractivity contribution in [3.05, 3.63) is 11.7 Å². The van der Waals surface area contributed by atoms with E-state index < -0.39 is 0 Å². The molecule has 4 rings (SSSR count). The molecule has 0 unspecified atom stereocenters. The number of carbonyl (C=O) groups is 2. The topological polar surface area (TPSA) is 88.3 Å². The van der Waals surface area contributed by atoms with Crippen molar-refractivity contribution in [2.24, 2.45) is 17.8 Å². The molecule has 2 amide bonds. The molecule has 27 heavy (non-hydrogen) atoms. The lowest BCUT2D eigenvalue weighted by atomic mass is 9.83. The first-order valence-electron chi connectivity index (χ1n) is 10.5. The molecule has 7 nitrogen and oxygen atoms in total. The average molecular weight is 374 g/mol. The highest BCUT2D eigenvalue weighted by molar-refractivity contribution is 5.81. The molecule has 2 heterocycles. The van der Waals surface area contributed by atoms with Crippen LogP contribution in [0.1, 0.15) is 82.5 Å². The molecule has 1 atom stereocenters. The summed E-state index contributed by atoms with van der Waals surface area (Å²) < 4.78 is 5.44. The number of carbonyl (C=O) groups excluding carboxylic acids is 2. The average Bonchev–Trinajstić information content (AvgIpc) is 3.35. The van der Waals surface area contributed by atoms with Gasteiger partial charge in [-0.25, -0.2) is 0 Å². The molecule has 1 aliphatic heterocycles. The third-order valence-corrected chi connectivity index (χ3v) is 6.26. The third kappa shape index (κ3) is 4.01. The summed E-state index contributed by atoms with van der Waals surface area (Å²) in [6, 6.07) is -0.257. The molecular formula is C20H30N4O3. The number of piperidine rings is 1. The van der Waals surface area contributed by atoms with Crippen LogP contribution >= 0.6 is 0 Å². The molecule has 0 bridgehead atoms. The van der Waals surface area contributed by atoms with E-state index in [1.165, 1.54) is 6.42 Å². The van der Waals surface area contributed by atoms with Crippen molar-refractivity contribution in [3.63, 3.8) is 0 Å². The fraction of sp³-hybridized carbons (Fsp3) is 0.800. The van der Waals surface area contributed by atoms with E-state index in [2.05, 4.69) is 15.5 Å². The monoisotopic (exact) mass is 374 g/mol. The summed E-state index contributed by atoms with van der Waals surface area (Å²) in [5.41, 5.74) is 0. The second kappa shape index (κ2) is 7.60. The summed E-state index contributed by atoms with van der Waals surface area (Å²) in [4.78, 5) is 31.7. The maximum atomic E-state index is 12.8. The van der Waals surface area contributed by atoms with Gasteiger partial charge in [-0.1, -0.05) is 25.4 Å². The number of hydrogen-bond donors (Lipinski definition) is 1. The highest BCUT2D eigenvalue weighted by atomic mass is 16.5. The largest absolute Gasteiger partial charge is 0.344 e. The van der Waals surface area contributed by atoms with Crippen LogP contribution in [0.3, 0.4) is 0 Å². The number of amides is 2. The standard InChI is InChI=1S/C20H30N4O3/c1-12(2)16(19-22-17(23-27-19)13-6-7-13)21-18(25)14-8-10-24(11-9-14)20(26)15-4-3-5-15/h12-16H,3-11H2,1-2H3,(H,21,25)/t16-/m0/s1. The lowest BCUT2D eigenvalue weighted by Gasteiger charge is -2.36. The Morgan fingerprint density at radius 1 is 1.07 bits per heavy atom. The van der Waals surface area contributed by atoms with Crippen LogP contribution in [0, 0.1) is 17.8 Å². The van der Waals surface area contributed by atoms with E-state index in [0.29, 0.717) is 30.8 Å². The number of nitrogens with one attached hydrogen (secondary N) is 1. The second-order valence-electron chi connectivity index (χ2n) is 8.72. The maximum absolute atomic E-state index is 12.8. The summed E-state index contributed by atoms with van der Waals surface area (Å²) in [5.74, 6) is 2.39. The summed E-state index contributed by atoms with van der Waals surface area (Å²) in [7, 11) is 0. The van der Waals surface area contributed by atoms with Crippen molar-refractivity contribution in [1.82, 2.24) is 20.4 Å². The predicted molar refractivity (Wildman–Crippen MR) is 98.6 cm³/mol. The zero-order chi connectivity index (χ0) is 19.0. The maximum Gasteiger partial charge on any atom is 0.249 e. The van der Waals surface area contributed by atoms with Gasteiger partial charge in [-0.15, -0.1) is 0 Å². The van der Waals surface area contributed by atoms with Crippen molar-refractivity contribution in [2.45, 2.75) is 70.8 Å². The Labute approximate surface area is 160 Å². The van der Waals surface area contributed by atoms with Crippen LogP contribution in [-0.2, 0) is 9.59 Å². The van der Waals surface area contributed by atoms with Crippen LogP contribution in [0.25, 0.3) is 0 Å². The molecule has 3 aliphatic rings. The molecule has 0 radical (unpaired) electrons. The summed E-state index contributed by atoms with van der Waals surface area (Å²) in [6.07, 6.45) is 6.93. The SMILES string of the molecule is CC(C)[C@H](NC(=O)C1CCN(C(=O)C2CCC2)CC1)c1nc(C2CC2)no1. The minimum absolute atomic E-state index is 0.0376. The van der Waals surface area contributed by atoms with Gasteiger partial charge in [0.1, 0.15) is 6.04 Å². The Hall–Kier alpha value is -1.92. The first-order chi connectivity index (χ1) is 13.0. The van der Waals surface area contributed by atoms with Gasteiger partial charge in [0.05, 0.1) is 0 Å². The minimum Gasteiger partial charge on any atom is -0.344 e. The van der Waals surface area contributed by atoms with Gasteiger partial charge in [0.15, 0.2) is 5.82 Å². The van der Waals surface area contributed by atoms with Crippen molar-refractivity contribution >= 4 is 11.8 Å². The molecule has 148 valence electrons. The third-order valence-electron chi connectivity index (χ3n) is 6.26. The Morgan fingerprint density at radius 3 is 2.33 bits per heavy atom. The van der Waals surface area contributed by atoms with Gasteiger partial charge in [0.25, 0.3) is 0 Å². The van der Waals surface area contributed by atoms with Gasteiger partial charge in [0, 0.05) is 30.8 Å². The normalized spacial score (nSPS) is 22.6. The lowest BCUT2D eigenvalue weighted by Crippen LogP contribution is -2.46. The quantitative estimate of drug-likeness (QED) is 0.827. The molecule has 0 aromatic carbocycles. The van der Waals surface area contributed by atoms with Crippen LogP contribution in [0.5, 0.6) is 0 Å². The lowest BCUT2D eigenvalue weighted by molar-refractivity contribution is -0.141. The molecule has 2 saturated carbocycles. The van der Waals surface area contributed by atoms with E-state index in [9.17, 15) is 9.59 Å². The van der Waals surface area contributed by atoms with Gasteiger partial charge >= 0.3 is 0 Å². The molecule has 1 aromatic rings. The smallest absolute Gasteiger partial charge is 0.249 e. The Bertz CT molecular complexity index is 685. The summed E-state index contributed by atoms with van der Waals surface area (Å²) in [5, 5.41) is 7.20. The minimum atomic E-state index is -0.257. The first kappa shape index (κ1) is 18.4. The zero-order valence-corrected chi connectivity index (χ0v) is 16.3. The number of likely N-dealkylation sites (tertiary alicyclic amines) is 1. The Balaban J connectivity index is 1.32. The Morgan fingerprint density at radius 2 is 1.78 bits per heavy atom. The second-order valence-corrected chi connectivity index (χ2v) is 8.72. The summed E-state index contributed by atoms with van der Waals surface area (Å²) in [6.45, 7) is 5.47. The zero-order valence-electron chi connectivity index (χ0n) is 16.3. The van der Waals surface area contributed by atoms with Crippen molar-refractivity contribution in [3.8, 4) is 0 Å². The molecule has 0 spiro atoms. The highest BCUT2D eigenvalue weighted by Crippen LogP contribution is 2.39. The van der Waals surface area contributed by atoms with E-state index in [4.69, 9.17) is 4.52 Å². The number of rotatable bonds is 6. The Kier molecular flexibility index (Phi) is 5.19. The van der Waals surface area contributed by atoms with E-state index in [1.54, 1.807) is 0 Å². The molecule has 2 aliphatic carbocycles. The van der Waals surface area contributed by atoms with Crippen LogP contribution in [0.15, 0.2) is 4.52 Å².